The number of aromatic nitrogens is 5. The third kappa shape index (κ3) is 3.80. The molecule has 0 saturated heterocycles. The van der Waals surface area contributed by atoms with E-state index in [1.807, 2.05) is 43.3 Å². The summed E-state index contributed by atoms with van der Waals surface area (Å²) in [6, 6.07) is 14.3. The van der Waals surface area contributed by atoms with Crippen molar-refractivity contribution in [2.24, 2.45) is 0 Å². The number of carbonyl (C=O) groups is 1. The number of ether oxygens (including phenoxy) is 1. The van der Waals surface area contributed by atoms with Gasteiger partial charge in [0.15, 0.2) is 5.82 Å². The molecule has 1 atom stereocenters. The van der Waals surface area contributed by atoms with Crippen LogP contribution in [0.5, 0.6) is 5.75 Å². The van der Waals surface area contributed by atoms with Gasteiger partial charge in [-0.1, -0.05) is 18.2 Å². The first-order valence-corrected chi connectivity index (χ1v) is 10.3. The fourth-order valence-electron chi connectivity index (χ4n) is 3.87. The van der Waals surface area contributed by atoms with Gasteiger partial charge >= 0.3 is 0 Å². The number of benzene rings is 1. The number of hydrogen-bond acceptors (Lipinski definition) is 7. The van der Waals surface area contributed by atoms with Gasteiger partial charge in [-0.15, -0.1) is 5.10 Å². The maximum Gasteiger partial charge on any atom is 0.255 e. The number of pyridine rings is 2. The molecule has 0 bridgehead atoms. The van der Waals surface area contributed by atoms with Crippen LogP contribution in [-0.4, -0.2) is 37.7 Å². The second-order valence-electron chi connectivity index (χ2n) is 7.45. The third-order valence-corrected chi connectivity index (χ3v) is 5.36. The van der Waals surface area contributed by atoms with Gasteiger partial charge < -0.3 is 15.4 Å². The SMILES string of the molecule is COc1ccccc1-c1nc2n(n1)[C@H](c1cccnc1)C(C(=O)Nc1cccnc1)=C(C)N2. The summed E-state index contributed by atoms with van der Waals surface area (Å²) in [6.45, 7) is 1.85. The second kappa shape index (κ2) is 8.54. The number of nitrogens with one attached hydrogen (secondary N) is 2. The van der Waals surface area contributed by atoms with Crippen LogP contribution >= 0.6 is 0 Å². The van der Waals surface area contributed by atoms with Crippen molar-refractivity contribution in [3.05, 3.63) is 90.2 Å². The van der Waals surface area contributed by atoms with Gasteiger partial charge in [-0.05, 0) is 42.8 Å². The van der Waals surface area contributed by atoms with Crippen molar-refractivity contribution in [1.82, 2.24) is 24.7 Å². The fraction of sp³-hybridized carbons (Fsp3) is 0.125. The largest absolute Gasteiger partial charge is 0.496 e. The average molecular weight is 439 g/mol. The van der Waals surface area contributed by atoms with Gasteiger partial charge in [0.05, 0.1) is 30.1 Å². The zero-order valence-corrected chi connectivity index (χ0v) is 18.1. The second-order valence-corrected chi connectivity index (χ2v) is 7.45. The Kier molecular flexibility index (Phi) is 5.27. The lowest BCUT2D eigenvalue weighted by molar-refractivity contribution is -0.113. The minimum Gasteiger partial charge on any atom is -0.496 e. The van der Waals surface area contributed by atoms with E-state index in [0.717, 1.165) is 11.1 Å². The molecule has 1 aliphatic rings. The van der Waals surface area contributed by atoms with Crippen LogP contribution in [0.1, 0.15) is 18.5 Å². The number of carbonyl (C=O) groups excluding carboxylic acids is 1. The molecule has 0 unspecified atom stereocenters. The number of para-hydroxylation sites is 1. The quantitative estimate of drug-likeness (QED) is 0.489. The van der Waals surface area contributed by atoms with Gasteiger partial charge in [-0.3, -0.25) is 14.8 Å². The molecule has 0 fully saturated rings. The van der Waals surface area contributed by atoms with Crippen molar-refractivity contribution in [2.75, 3.05) is 17.7 Å². The first kappa shape index (κ1) is 20.4. The van der Waals surface area contributed by atoms with Gasteiger partial charge in [-0.2, -0.15) is 4.98 Å². The first-order chi connectivity index (χ1) is 16.2. The number of methoxy groups -OCH3 is 1. The summed E-state index contributed by atoms with van der Waals surface area (Å²) in [7, 11) is 1.61. The first-order valence-electron chi connectivity index (χ1n) is 10.3. The molecule has 3 aromatic heterocycles. The fourth-order valence-corrected chi connectivity index (χ4v) is 3.87. The molecule has 0 spiro atoms. The Hall–Kier alpha value is -4.53. The van der Waals surface area contributed by atoms with Crippen molar-refractivity contribution in [3.63, 3.8) is 0 Å². The molecule has 33 heavy (non-hydrogen) atoms. The van der Waals surface area contributed by atoms with E-state index in [1.54, 1.807) is 48.7 Å². The molecule has 5 rings (SSSR count). The van der Waals surface area contributed by atoms with Crippen molar-refractivity contribution in [1.29, 1.82) is 0 Å². The summed E-state index contributed by atoms with van der Waals surface area (Å²) in [5, 5.41) is 10.9. The van der Waals surface area contributed by atoms with Crippen LogP contribution in [0, 0.1) is 0 Å². The number of hydrogen-bond donors (Lipinski definition) is 2. The molecule has 1 amide bonds. The van der Waals surface area contributed by atoms with E-state index in [-0.39, 0.29) is 5.91 Å². The Morgan fingerprint density at radius 1 is 1.06 bits per heavy atom. The molecule has 4 aromatic rings. The standard InChI is InChI=1S/C24H21N7O2/c1-15-20(23(32)28-17-8-6-12-26-14-17)21(16-7-5-11-25-13-16)31-24(27-15)29-22(30-31)18-9-3-4-10-19(18)33-2/h3-14,21H,1-2H3,(H,28,32)(H,27,29,30)/t21-/m1/s1. The van der Waals surface area contributed by atoms with Crippen molar-refractivity contribution < 1.29 is 9.53 Å². The minimum atomic E-state index is -0.525. The highest BCUT2D eigenvalue weighted by atomic mass is 16.5. The molecule has 1 aromatic carbocycles. The molecule has 9 heteroatoms. The molecule has 0 aliphatic carbocycles. The van der Waals surface area contributed by atoms with Crippen molar-refractivity contribution >= 4 is 17.5 Å². The molecule has 2 N–H and O–H groups in total. The van der Waals surface area contributed by atoms with E-state index in [0.29, 0.717) is 34.5 Å². The number of amides is 1. The van der Waals surface area contributed by atoms with E-state index in [1.165, 1.54) is 0 Å². The van der Waals surface area contributed by atoms with Crippen molar-refractivity contribution in [3.8, 4) is 17.1 Å². The van der Waals surface area contributed by atoms with Crippen LogP contribution in [0.3, 0.4) is 0 Å². The van der Waals surface area contributed by atoms with Gasteiger partial charge in [0.2, 0.25) is 5.95 Å². The van der Waals surface area contributed by atoms with Crippen LogP contribution in [0.15, 0.2) is 84.6 Å². The highest BCUT2D eigenvalue weighted by Gasteiger charge is 2.35. The predicted octanol–water partition coefficient (Wildman–Crippen LogP) is 3.67. The van der Waals surface area contributed by atoms with Crippen LogP contribution in [0.2, 0.25) is 0 Å². The number of fused-ring (bicyclic) bond motifs is 1. The molecule has 0 radical (unpaired) electrons. The van der Waals surface area contributed by atoms with E-state index in [9.17, 15) is 4.79 Å². The van der Waals surface area contributed by atoms with Crippen LogP contribution in [0.25, 0.3) is 11.4 Å². The van der Waals surface area contributed by atoms with Gasteiger partial charge in [-0.25, -0.2) is 4.68 Å². The van der Waals surface area contributed by atoms with Gasteiger partial charge in [0, 0.05) is 24.3 Å². The van der Waals surface area contributed by atoms with Gasteiger partial charge in [0.1, 0.15) is 11.8 Å². The topological polar surface area (TPSA) is 107 Å². The van der Waals surface area contributed by atoms with E-state index >= 15 is 0 Å². The smallest absolute Gasteiger partial charge is 0.255 e. The Morgan fingerprint density at radius 3 is 2.58 bits per heavy atom. The molecular weight excluding hydrogens is 418 g/mol. The van der Waals surface area contributed by atoms with Crippen LogP contribution < -0.4 is 15.4 Å². The maximum atomic E-state index is 13.4. The number of anilines is 2. The lowest BCUT2D eigenvalue weighted by Crippen LogP contribution is -2.31. The van der Waals surface area contributed by atoms with Crippen LogP contribution in [-0.2, 0) is 4.79 Å². The summed E-state index contributed by atoms with van der Waals surface area (Å²) in [5.74, 6) is 1.42. The summed E-state index contributed by atoms with van der Waals surface area (Å²) < 4.78 is 7.20. The Morgan fingerprint density at radius 2 is 1.85 bits per heavy atom. The summed E-state index contributed by atoms with van der Waals surface area (Å²) >= 11 is 0. The molecule has 164 valence electrons. The number of nitrogens with zero attached hydrogens (tertiary/aromatic N) is 5. The predicted molar refractivity (Wildman–Crippen MR) is 124 cm³/mol. The Bertz CT molecular complexity index is 1330. The number of rotatable bonds is 5. The molecule has 1 aliphatic heterocycles. The van der Waals surface area contributed by atoms with E-state index in [4.69, 9.17) is 14.8 Å². The lowest BCUT2D eigenvalue weighted by Gasteiger charge is -2.28. The van der Waals surface area contributed by atoms with E-state index in [2.05, 4.69) is 20.6 Å². The minimum absolute atomic E-state index is 0.262. The van der Waals surface area contributed by atoms with E-state index < -0.39 is 6.04 Å². The van der Waals surface area contributed by atoms with Crippen molar-refractivity contribution in [2.45, 2.75) is 13.0 Å². The molecular formula is C24H21N7O2. The average Bonchev–Trinajstić information content (AvgIpc) is 3.27. The summed E-state index contributed by atoms with van der Waals surface area (Å²) in [5.41, 5.74) is 3.36. The zero-order chi connectivity index (χ0) is 22.8. The molecule has 4 heterocycles. The highest BCUT2D eigenvalue weighted by molar-refractivity contribution is 6.05. The molecule has 0 saturated carbocycles. The lowest BCUT2D eigenvalue weighted by atomic mass is 9.96. The van der Waals surface area contributed by atoms with Gasteiger partial charge in [0.25, 0.3) is 5.91 Å². The number of allylic oxidation sites excluding steroid dienone is 1. The zero-order valence-electron chi connectivity index (χ0n) is 18.1. The van der Waals surface area contributed by atoms with Crippen LogP contribution in [0.4, 0.5) is 11.6 Å². The Labute approximate surface area is 190 Å². The summed E-state index contributed by atoms with van der Waals surface area (Å²) in [6.07, 6.45) is 6.68. The maximum absolute atomic E-state index is 13.4. The normalized spacial score (nSPS) is 14.9. The Balaban J connectivity index is 1.61. The molecule has 9 nitrogen and oxygen atoms in total. The highest BCUT2D eigenvalue weighted by Crippen LogP contribution is 2.37. The monoisotopic (exact) mass is 439 g/mol. The third-order valence-electron chi connectivity index (χ3n) is 5.36. The summed E-state index contributed by atoms with van der Waals surface area (Å²) in [4.78, 5) is 26.4.